The lowest BCUT2D eigenvalue weighted by Crippen LogP contribution is -1.91. The number of nitrogens with zero attached hydrogens (tertiary/aromatic N) is 2. The van der Waals surface area contributed by atoms with Gasteiger partial charge in [-0.1, -0.05) is 97.1 Å². The highest BCUT2D eigenvalue weighted by Crippen LogP contribution is 2.44. The number of aromatic nitrogens is 2. The van der Waals surface area contributed by atoms with Gasteiger partial charge in [0, 0.05) is 30.4 Å². The number of rotatable bonds is 4. The summed E-state index contributed by atoms with van der Waals surface area (Å²) in [6.45, 7) is 4.25. The fourth-order valence-electron chi connectivity index (χ4n) is 5.95. The Morgan fingerprint density at radius 1 is 0.375 bits per heavy atom. The van der Waals surface area contributed by atoms with Crippen molar-refractivity contribution in [1.82, 2.24) is 9.97 Å². The molecule has 0 aliphatic heterocycles. The van der Waals surface area contributed by atoms with Gasteiger partial charge in [0.15, 0.2) is 0 Å². The highest BCUT2D eigenvalue weighted by molar-refractivity contribution is 6.21. The third-order valence-electron chi connectivity index (χ3n) is 7.96. The highest BCUT2D eigenvalue weighted by atomic mass is 14.6. The van der Waals surface area contributed by atoms with Crippen molar-refractivity contribution in [3.63, 3.8) is 0 Å². The van der Waals surface area contributed by atoms with Crippen molar-refractivity contribution in [3.05, 3.63) is 145 Å². The first-order valence-corrected chi connectivity index (χ1v) is 13.7. The maximum Gasteiger partial charge on any atom is 0.0349 e. The van der Waals surface area contributed by atoms with E-state index in [1.807, 2.05) is 24.8 Å². The summed E-state index contributed by atoms with van der Waals surface area (Å²) in [4.78, 5) is 8.61. The molecule has 0 unspecified atom stereocenters. The van der Waals surface area contributed by atoms with Crippen LogP contribution in [0.3, 0.4) is 0 Å². The Balaban J connectivity index is 1.42. The van der Waals surface area contributed by atoms with Crippen molar-refractivity contribution >= 4 is 21.5 Å². The molecule has 7 rings (SSSR count). The third kappa shape index (κ3) is 4.06. The van der Waals surface area contributed by atoms with E-state index in [4.69, 9.17) is 0 Å². The van der Waals surface area contributed by atoms with E-state index in [9.17, 15) is 0 Å². The largest absolute Gasteiger partial charge is 0.264 e. The third-order valence-corrected chi connectivity index (χ3v) is 7.96. The molecule has 7 aromatic rings. The molecule has 0 amide bonds. The second-order valence-electron chi connectivity index (χ2n) is 10.4. The summed E-state index contributed by atoms with van der Waals surface area (Å²) in [5.74, 6) is 0. The van der Waals surface area contributed by atoms with Crippen LogP contribution in [-0.2, 0) is 0 Å². The topological polar surface area (TPSA) is 25.8 Å². The fraction of sp³-hybridized carbons (Fsp3) is 0.0526. The van der Waals surface area contributed by atoms with Gasteiger partial charge in [-0.15, -0.1) is 0 Å². The van der Waals surface area contributed by atoms with Crippen LogP contribution in [0.25, 0.3) is 66.1 Å². The number of hydrogen-bond donors (Lipinski definition) is 0. The number of benzene rings is 5. The van der Waals surface area contributed by atoms with Crippen LogP contribution in [0.2, 0.25) is 0 Å². The molecule has 2 aromatic heterocycles. The summed E-state index contributed by atoms with van der Waals surface area (Å²) >= 11 is 0. The van der Waals surface area contributed by atoms with E-state index in [2.05, 4.69) is 133 Å². The predicted molar refractivity (Wildman–Crippen MR) is 168 cm³/mol. The molecule has 2 nitrogen and oxygen atoms in total. The summed E-state index contributed by atoms with van der Waals surface area (Å²) in [6.07, 6.45) is 7.58. The van der Waals surface area contributed by atoms with Crippen LogP contribution >= 0.6 is 0 Å². The number of aryl methyl sites for hydroxylation is 2. The van der Waals surface area contributed by atoms with Gasteiger partial charge in [-0.25, -0.2) is 0 Å². The molecule has 5 aromatic carbocycles. The van der Waals surface area contributed by atoms with Crippen LogP contribution in [0, 0.1) is 13.8 Å². The molecule has 0 aliphatic rings. The van der Waals surface area contributed by atoms with E-state index in [1.54, 1.807) is 0 Å². The Kier molecular flexibility index (Phi) is 5.94. The van der Waals surface area contributed by atoms with Gasteiger partial charge in [-0.05, 0) is 97.6 Å². The van der Waals surface area contributed by atoms with E-state index in [0.717, 1.165) is 0 Å². The zero-order valence-electron chi connectivity index (χ0n) is 22.6. The number of fused-ring (bicyclic) bond motifs is 2. The molecule has 0 spiro atoms. The van der Waals surface area contributed by atoms with E-state index < -0.39 is 0 Å². The van der Waals surface area contributed by atoms with Gasteiger partial charge in [-0.3, -0.25) is 9.97 Å². The van der Waals surface area contributed by atoms with Crippen molar-refractivity contribution < 1.29 is 0 Å². The van der Waals surface area contributed by atoms with Crippen molar-refractivity contribution in [2.45, 2.75) is 13.8 Å². The summed E-state index contributed by atoms with van der Waals surface area (Å²) in [7, 11) is 0. The molecular formula is C38H28N2. The van der Waals surface area contributed by atoms with Crippen LogP contribution in [0.5, 0.6) is 0 Å². The molecule has 0 bridgehead atoms. The number of hydrogen-bond acceptors (Lipinski definition) is 2. The Labute approximate surface area is 234 Å². The highest BCUT2D eigenvalue weighted by Gasteiger charge is 2.17. The average Bonchev–Trinajstić information content (AvgIpc) is 3.01. The normalized spacial score (nSPS) is 11.2. The van der Waals surface area contributed by atoms with Gasteiger partial charge in [-0.2, -0.15) is 0 Å². The quantitative estimate of drug-likeness (QED) is 0.219. The van der Waals surface area contributed by atoms with E-state index >= 15 is 0 Å². The zero-order chi connectivity index (χ0) is 27.1. The van der Waals surface area contributed by atoms with Gasteiger partial charge in [0.05, 0.1) is 0 Å². The van der Waals surface area contributed by atoms with Crippen molar-refractivity contribution in [2.24, 2.45) is 0 Å². The minimum absolute atomic E-state index is 1.17. The van der Waals surface area contributed by atoms with E-state index in [-0.39, 0.29) is 0 Å². The van der Waals surface area contributed by atoms with Crippen LogP contribution in [-0.4, -0.2) is 9.97 Å². The summed E-state index contributed by atoms with van der Waals surface area (Å²) < 4.78 is 0. The Bertz CT molecular complexity index is 1800. The lowest BCUT2D eigenvalue weighted by molar-refractivity contribution is 1.27. The van der Waals surface area contributed by atoms with Gasteiger partial charge in [0.1, 0.15) is 0 Å². The second-order valence-corrected chi connectivity index (χ2v) is 10.4. The lowest BCUT2D eigenvalue weighted by Gasteiger charge is -2.18. The monoisotopic (exact) mass is 512 g/mol. The molecule has 2 heteroatoms. The molecule has 0 radical (unpaired) electrons. The Morgan fingerprint density at radius 3 is 1.27 bits per heavy atom. The van der Waals surface area contributed by atoms with Gasteiger partial charge < -0.3 is 0 Å². The minimum Gasteiger partial charge on any atom is -0.264 e. The van der Waals surface area contributed by atoms with E-state index in [0.29, 0.717) is 0 Å². The summed E-state index contributed by atoms with van der Waals surface area (Å²) in [5.41, 5.74) is 12.2. The molecule has 40 heavy (non-hydrogen) atoms. The van der Waals surface area contributed by atoms with Crippen molar-refractivity contribution in [2.75, 3.05) is 0 Å². The first kappa shape index (κ1) is 24.0. The molecule has 0 N–H and O–H groups in total. The lowest BCUT2D eigenvalue weighted by atomic mass is 9.85. The fourth-order valence-corrected chi connectivity index (χ4v) is 5.95. The minimum atomic E-state index is 1.17. The van der Waals surface area contributed by atoms with Crippen LogP contribution in [0.1, 0.15) is 11.1 Å². The van der Waals surface area contributed by atoms with Crippen LogP contribution in [0.4, 0.5) is 0 Å². The maximum absolute atomic E-state index is 4.35. The first-order chi connectivity index (χ1) is 19.7. The maximum atomic E-state index is 4.35. The first-order valence-electron chi connectivity index (χ1n) is 13.7. The number of pyridine rings is 2. The molecule has 0 saturated carbocycles. The van der Waals surface area contributed by atoms with Crippen LogP contribution in [0.15, 0.2) is 134 Å². The van der Waals surface area contributed by atoms with E-state index in [1.165, 1.54) is 77.2 Å². The smallest absolute Gasteiger partial charge is 0.0349 e. The molecular weight excluding hydrogens is 484 g/mol. The zero-order valence-corrected chi connectivity index (χ0v) is 22.6. The summed E-state index contributed by atoms with van der Waals surface area (Å²) in [5, 5.41) is 5.04. The van der Waals surface area contributed by atoms with Crippen LogP contribution < -0.4 is 0 Å². The molecule has 0 saturated heterocycles. The standard InChI is InChI=1S/C38H28N2/c1-25-19-21-40-24-36(25)28-13-17-30(18-14-28)38-34-9-5-3-7-32(34)37(33-8-4-6-10-35(33)38)29-15-11-27(12-16-29)31-20-22-39-23-26(31)2/h3-24H,1-2H3. The Morgan fingerprint density at radius 2 is 0.800 bits per heavy atom. The van der Waals surface area contributed by atoms with Gasteiger partial charge in [0.2, 0.25) is 0 Å². The molecule has 2 heterocycles. The Hall–Kier alpha value is -5.08. The second kappa shape index (κ2) is 9.91. The predicted octanol–water partition coefficient (Wildman–Crippen LogP) is 10.1. The molecule has 190 valence electrons. The molecule has 0 aliphatic carbocycles. The molecule has 0 fully saturated rings. The average molecular weight is 513 g/mol. The van der Waals surface area contributed by atoms with Gasteiger partial charge in [0.25, 0.3) is 0 Å². The van der Waals surface area contributed by atoms with Crippen molar-refractivity contribution in [3.8, 4) is 44.5 Å². The summed E-state index contributed by atoms with van der Waals surface area (Å²) in [6, 6.07) is 39.7. The van der Waals surface area contributed by atoms with Crippen molar-refractivity contribution in [1.29, 1.82) is 0 Å². The SMILES string of the molecule is Cc1cnccc1-c1ccc(-c2c3ccccc3c(-c3ccc(-c4cnccc4C)cc3)c3ccccc23)cc1. The molecule has 0 atom stereocenters. The van der Waals surface area contributed by atoms with Gasteiger partial charge >= 0.3 is 0 Å².